The fourth-order valence-electron chi connectivity index (χ4n) is 4.45. The second-order valence-electron chi connectivity index (χ2n) is 9.07. The Labute approximate surface area is 224 Å². The standard InChI is InChI=1S/C34H30N2O2/c37-34(35-31-19-11-4-12-20-31)36(33(29-15-7-2-8-16-29)30-17-9-3-10-18-30)25-27-21-23-32(24-22-27)38-26-28-13-5-1-6-14-28/h1-24,33H,25-26H2,(H,35,37). The maximum atomic E-state index is 13.8. The Bertz CT molecular complexity index is 1370. The minimum atomic E-state index is -0.268. The summed E-state index contributed by atoms with van der Waals surface area (Å²) in [6, 6.07) is 47.5. The van der Waals surface area contributed by atoms with Crippen molar-refractivity contribution in [3.8, 4) is 5.75 Å². The van der Waals surface area contributed by atoms with E-state index in [2.05, 4.69) is 29.6 Å². The summed E-state index contributed by atoms with van der Waals surface area (Å²) in [4.78, 5) is 15.7. The zero-order valence-corrected chi connectivity index (χ0v) is 21.1. The first kappa shape index (κ1) is 24.8. The molecule has 5 aromatic rings. The maximum absolute atomic E-state index is 13.8. The van der Waals surface area contributed by atoms with Gasteiger partial charge >= 0.3 is 6.03 Å². The molecule has 0 spiro atoms. The molecular formula is C34H30N2O2. The summed E-state index contributed by atoms with van der Waals surface area (Å²) >= 11 is 0. The minimum absolute atomic E-state index is 0.168. The lowest BCUT2D eigenvalue weighted by Gasteiger charge is -2.33. The van der Waals surface area contributed by atoms with Crippen LogP contribution in [0.1, 0.15) is 28.3 Å². The Kier molecular flexibility index (Phi) is 8.12. The highest BCUT2D eigenvalue weighted by Crippen LogP contribution is 2.31. The number of nitrogens with one attached hydrogen (secondary N) is 1. The Morgan fingerprint density at radius 2 is 1.11 bits per heavy atom. The largest absolute Gasteiger partial charge is 0.489 e. The molecule has 38 heavy (non-hydrogen) atoms. The van der Waals surface area contributed by atoms with Gasteiger partial charge in [-0.1, -0.05) is 121 Å². The maximum Gasteiger partial charge on any atom is 0.322 e. The fraction of sp³-hybridized carbons (Fsp3) is 0.0882. The number of carbonyl (C=O) groups excluding carboxylic acids is 1. The van der Waals surface area contributed by atoms with Crippen LogP contribution < -0.4 is 10.1 Å². The first-order valence-corrected chi connectivity index (χ1v) is 12.7. The summed E-state index contributed by atoms with van der Waals surface area (Å²) in [5, 5.41) is 3.09. The van der Waals surface area contributed by atoms with Gasteiger partial charge in [-0.05, 0) is 46.5 Å². The summed E-state index contributed by atoms with van der Waals surface area (Å²) in [7, 11) is 0. The molecule has 0 aliphatic rings. The molecule has 0 heterocycles. The first-order chi connectivity index (χ1) is 18.8. The number of carbonyl (C=O) groups is 1. The lowest BCUT2D eigenvalue weighted by molar-refractivity contribution is 0.194. The fourth-order valence-corrected chi connectivity index (χ4v) is 4.45. The molecule has 1 N–H and O–H groups in total. The van der Waals surface area contributed by atoms with Gasteiger partial charge < -0.3 is 15.0 Å². The van der Waals surface area contributed by atoms with Crippen molar-refractivity contribution in [3.05, 3.63) is 168 Å². The van der Waals surface area contributed by atoms with Gasteiger partial charge in [0.15, 0.2) is 0 Å². The normalized spacial score (nSPS) is 10.7. The van der Waals surface area contributed by atoms with E-state index in [4.69, 9.17) is 4.74 Å². The first-order valence-electron chi connectivity index (χ1n) is 12.7. The van der Waals surface area contributed by atoms with E-state index in [9.17, 15) is 4.79 Å². The summed E-state index contributed by atoms with van der Waals surface area (Å²) in [6.45, 7) is 0.933. The smallest absolute Gasteiger partial charge is 0.322 e. The quantitative estimate of drug-likeness (QED) is 0.223. The van der Waals surface area contributed by atoms with Gasteiger partial charge in [0.2, 0.25) is 0 Å². The van der Waals surface area contributed by atoms with E-state index in [-0.39, 0.29) is 12.1 Å². The van der Waals surface area contributed by atoms with Crippen molar-refractivity contribution in [1.82, 2.24) is 4.90 Å². The minimum Gasteiger partial charge on any atom is -0.489 e. The monoisotopic (exact) mass is 498 g/mol. The van der Waals surface area contributed by atoms with Crippen molar-refractivity contribution in [1.29, 1.82) is 0 Å². The topological polar surface area (TPSA) is 41.6 Å². The van der Waals surface area contributed by atoms with E-state index in [1.54, 1.807) is 0 Å². The van der Waals surface area contributed by atoms with Crippen molar-refractivity contribution in [2.75, 3.05) is 5.32 Å². The molecule has 0 saturated carbocycles. The molecule has 0 unspecified atom stereocenters. The molecule has 5 aromatic carbocycles. The molecule has 0 aliphatic heterocycles. The molecule has 0 aromatic heterocycles. The van der Waals surface area contributed by atoms with Crippen molar-refractivity contribution in [3.63, 3.8) is 0 Å². The van der Waals surface area contributed by atoms with E-state index < -0.39 is 0 Å². The molecule has 0 atom stereocenters. The van der Waals surface area contributed by atoms with Crippen LogP contribution in [-0.4, -0.2) is 10.9 Å². The number of rotatable bonds is 9. The van der Waals surface area contributed by atoms with Gasteiger partial charge in [-0.2, -0.15) is 0 Å². The van der Waals surface area contributed by atoms with Gasteiger partial charge in [-0.25, -0.2) is 4.79 Å². The number of anilines is 1. The molecule has 5 rings (SSSR count). The van der Waals surface area contributed by atoms with Crippen LogP contribution in [-0.2, 0) is 13.2 Å². The van der Waals surface area contributed by atoms with Gasteiger partial charge in [0.1, 0.15) is 12.4 Å². The number of hydrogen-bond donors (Lipinski definition) is 1. The number of ether oxygens (including phenoxy) is 1. The van der Waals surface area contributed by atoms with E-state index in [1.807, 2.05) is 126 Å². The van der Waals surface area contributed by atoms with Crippen molar-refractivity contribution < 1.29 is 9.53 Å². The molecule has 188 valence electrons. The highest BCUT2D eigenvalue weighted by atomic mass is 16.5. The molecule has 2 amide bonds. The molecule has 0 fully saturated rings. The molecule has 0 radical (unpaired) electrons. The van der Waals surface area contributed by atoms with Crippen LogP contribution in [0.3, 0.4) is 0 Å². The van der Waals surface area contributed by atoms with Crippen LogP contribution >= 0.6 is 0 Å². The van der Waals surface area contributed by atoms with Crippen LogP contribution in [0.15, 0.2) is 146 Å². The van der Waals surface area contributed by atoms with E-state index >= 15 is 0 Å². The number of nitrogens with zero attached hydrogens (tertiary/aromatic N) is 1. The van der Waals surface area contributed by atoms with E-state index in [0.717, 1.165) is 33.7 Å². The zero-order chi connectivity index (χ0) is 26.0. The summed E-state index contributed by atoms with van der Waals surface area (Å²) in [5.74, 6) is 0.792. The molecule has 4 nitrogen and oxygen atoms in total. The number of hydrogen-bond acceptors (Lipinski definition) is 2. The lowest BCUT2D eigenvalue weighted by atomic mass is 9.96. The summed E-state index contributed by atoms with van der Waals surface area (Å²) < 4.78 is 5.97. The second-order valence-corrected chi connectivity index (χ2v) is 9.07. The van der Waals surface area contributed by atoms with Gasteiger partial charge in [0.25, 0.3) is 0 Å². The van der Waals surface area contributed by atoms with Crippen molar-refractivity contribution in [2.24, 2.45) is 0 Å². The molecular weight excluding hydrogens is 468 g/mol. The summed E-state index contributed by atoms with van der Waals surface area (Å²) in [5.41, 5.74) is 4.98. The third-order valence-corrected chi connectivity index (χ3v) is 6.35. The molecule has 4 heteroatoms. The Balaban J connectivity index is 1.42. The Hall–Kier alpha value is -4.83. The lowest BCUT2D eigenvalue weighted by Crippen LogP contribution is -2.38. The highest BCUT2D eigenvalue weighted by Gasteiger charge is 2.27. The molecule has 0 bridgehead atoms. The van der Waals surface area contributed by atoms with Gasteiger partial charge in [0.05, 0.1) is 6.04 Å². The number of benzene rings is 5. The zero-order valence-electron chi connectivity index (χ0n) is 21.1. The average molecular weight is 499 g/mol. The highest BCUT2D eigenvalue weighted by molar-refractivity contribution is 5.89. The van der Waals surface area contributed by atoms with Crippen molar-refractivity contribution >= 4 is 11.7 Å². The Morgan fingerprint density at radius 1 is 0.605 bits per heavy atom. The van der Waals surface area contributed by atoms with Crippen LogP contribution in [0, 0.1) is 0 Å². The number of urea groups is 1. The van der Waals surface area contributed by atoms with Crippen LogP contribution in [0.5, 0.6) is 5.75 Å². The van der Waals surface area contributed by atoms with Crippen LogP contribution in [0.4, 0.5) is 10.5 Å². The SMILES string of the molecule is O=C(Nc1ccccc1)N(Cc1ccc(OCc2ccccc2)cc1)C(c1ccccc1)c1ccccc1. The van der Waals surface area contributed by atoms with Gasteiger partial charge in [0, 0.05) is 12.2 Å². The predicted octanol–water partition coefficient (Wildman–Crippen LogP) is 8.09. The van der Waals surface area contributed by atoms with Gasteiger partial charge in [-0.15, -0.1) is 0 Å². The molecule has 0 saturated heterocycles. The Morgan fingerprint density at radius 3 is 1.66 bits per heavy atom. The molecule has 0 aliphatic carbocycles. The van der Waals surface area contributed by atoms with Gasteiger partial charge in [-0.3, -0.25) is 0 Å². The average Bonchev–Trinajstić information content (AvgIpc) is 2.98. The number of amides is 2. The third-order valence-electron chi connectivity index (χ3n) is 6.35. The second kappa shape index (κ2) is 12.4. The number of para-hydroxylation sites is 1. The van der Waals surface area contributed by atoms with E-state index in [1.165, 1.54) is 0 Å². The van der Waals surface area contributed by atoms with E-state index in [0.29, 0.717) is 13.2 Å². The predicted molar refractivity (Wildman–Crippen MR) is 153 cm³/mol. The third kappa shape index (κ3) is 6.48. The van der Waals surface area contributed by atoms with Crippen LogP contribution in [0.2, 0.25) is 0 Å². The van der Waals surface area contributed by atoms with Crippen LogP contribution in [0.25, 0.3) is 0 Å². The van der Waals surface area contributed by atoms with Crippen molar-refractivity contribution in [2.45, 2.75) is 19.2 Å². The summed E-state index contributed by atoms with van der Waals surface area (Å²) in [6.07, 6.45) is 0.